The molecule has 4 unspecified atom stereocenters. The second-order valence-corrected chi connectivity index (χ2v) is 8.37. The number of aromatic nitrogens is 2. The number of carbonyl (C=O) groups excluding carboxylic acids is 4. The van der Waals surface area contributed by atoms with Crippen molar-refractivity contribution in [1.29, 1.82) is 0 Å². The molecule has 0 aliphatic rings. The standard InChI is InChI=1S/C23H29N7O8/c24-14(7-13-10-26-11-27-13)20(34)28-16(9-19(32)33)22(36)29-15(6-12-4-2-1-3-5-12)21(35)30-17(23(37)38)8-18(25)31/h1-5,10-11,14-17H,6-9,24H2,(H2,25,31)(H,26,27)(H,28,34)(H,29,36)(H,30,35)(H,32,33)(H,37,38). The van der Waals surface area contributed by atoms with Crippen LogP contribution in [0.25, 0.3) is 0 Å². The molecule has 0 fully saturated rings. The highest BCUT2D eigenvalue weighted by molar-refractivity contribution is 5.96. The first-order valence-corrected chi connectivity index (χ1v) is 11.4. The van der Waals surface area contributed by atoms with Gasteiger partial charge >= 0.3 is 11.9 Å². The van der Waals surface area contributed by atoms with Crippen molar-refractivity contribution in [2.75, 3.05) is 0 Å². The third-order valence-corrected chi connectivity index (χ3v) is 5.28. The summed E-state index contributed by atoms with van der Waals surface area (Å²) in [5, 5.41) is 25.4. The molecule has 2 rings (SSSR count). The van der Waals surface area contributed by atoms with Crippen molar-refractivity contribution in [2.24, 2.45) is 11.5 Å². The minimum Gasteiger partial charge on any atom is -0.481 e. The van der Waals surface area contributed by atoms with Gasteiger partial charge in [-0.2, -0.15) is 0 Å². The highest BCUT2D eigenvalue weighted by Gasteiger charge is 2.32. The maximum absolute atomic E-state index is 13.0. The number of H-pyrrole nitrogens is 1. The topological polar surface area (TPSA) is 260 Å². The Bertz CT molecular complexity index is 1140. The fraction of sp³-hybridized carbons (Fsp3) is 0.348. The summed E-state index contributed by atoms with van der Waals surface area (Å²) in [6.07, 6.45) is 1.23. The summed E-state index contributed by atoms with van der Waals surface area (Å²) in [7, 11) is 0. The smallest absolute Gasteiger partial charge is 0.326 e. The van der Waals surface area contributed by atoms with Crippen LogP contribution in [0.2, 0.25) is 0 Å². The Hall–Kier alpha value is -4.79. The highest BCUT2D eigenvalue weighted by atomic mass is 16.4. The van der Waals surface area contributed by atoms with Crippen LogP contribution < -0.4 is 27.4 Å². The summed E-state index contributed by atoms with van der Waals surface area (Å²) in [5.41, 5.74) is 12.0. The summed E-state index contributed by atoms with van der Waals surface area (Å²) in [6.45, 7) is 0. The van der Waals surface area contributed by atoms with E-state index < -0.39 is 72.6 Å². The average Bonchev–Trinajstić information content (AvgIpc) is 3.35. The van der Waals surface area contributed by atoms with Gasteiger partial charge in [-0.05, 0) is 5.56 Å². The average molecular weight is 532 g/mol. The third-order valence-electron chi connectivity index (χ3n) is 5.28. The van der Waals surface area contributed by atoms with Crippen LogP contribution in [0.3, 0.4) is 0 Å². The maximum atomic E-state index is 13.0. The minimum atomic E-state index is -1.66. The number of nitrogens with one attached hydrogen (secondary N) is 4. The molecule has 1 heterocycles. The quantitative estimate of drug-likeness (QED) is 0.119. The number of aromatic amines is 1. The summed E-state index contributed by atoms with van der Waals surface area (Å²) >= 11 is 0. The van der Waals surface area contributed by atoms with Gasteiger partial charge in [0.05, 0.1) is 25.2 Å². The molecule has 15 heteroatoms. The lowest BCUT2D eigenvalue weighted by molar-refractivity contribution is -0.144. The molecule has 204 valence electrons. The zero-order valence-electron chi connectivity index (χ0n) is 20.1. The van der Waals surface area contributed by atoms with E-state index in [4.69, 9.17) is 11.5 Å². The number of aliphatic carboxylic acids is 2. The van der Waals surface area contributed by atoms with E-state index in [1.165, 1.54) is 12.5 Å². The van der Waals surface area contributed by atoms with Crippen molar-refractivity contribution in [1.82, 2.24) is 25.9 Å². The predicted molar refractivity (Wildman–Crippen MR) is 130 cm³/mol. The lowest BCUT2D eigenvalue weighted by Crippen LogP contribution is -2.58. The number of rotatable bonds is 15. The van der Waals surface area contributed by atoms with Gasteiger partial charge in [-0.15, -0.1) is 0 Å². The molecule has 1 aromatic heterocycles. The number of nitrogens with zero attached hydrogens (tertiary/aromatic N) is 1. The molecule has 1 aromatic carbocycles. The van der Waals surface area contributed by atoms with E-state index >= 15 is 0 Å². The van der Waals surface area contributed by atoms with Crippen molar-refractivity contribution < 1.29 is 39.0 Å². The highest BCUT2D eigenvalue weighted by Crippen LogP contribution is 2.07. The molecule has 15 nitrogen and oxygen atoms in total. The molecule has 0 aliphatic carbocycles. The fourth-order valence-electron chi connectivity index (χ4n) is 3.39. The number of hydrogen-bond donors (Lipinski definition) is 8. The first-order valence-electron chi connectivity index (χ1n) is 11.4. The van der Waals surface area contributed by atoms with E-state index in [0.717, 1.165) is 0 Å². The van der Waals surface area contributed by atoms with E-state index in [0.29, 0.717) is 11.3 Å². The Labute approximate surface area is 216 Å². The van der Waals surface area contributed by atoms with E-state index in [-0.39, 0.29) is 12.8 Å². The van der Waals surface area contributed by atoms with Crippen LogP contribution in [-0.2, 0) is 41.6 Å². The molecule has 0 spiro atoms. The third kappa shape index (κ3) is 9.69. The van der Waals surface area contributed by atoms with Crippen LogP contribution in [0.4, 0.5) is 0 Å². The first-order chi connectivity index (χ1) is 18.0. The Balaban J connectivity index is 2.20. The second-order valence-electron chi connectivity index (χ2n) is 8.37. The van der Waals surface area contributed by atoms with Crippen LogP contribution >= 0.6 is 0 Å². The largest absolute Gasteiger partial charge is 0.481 e. The van der Waals surface area contributed by atoms with E-state index in [2.05, 4.69) is 25.9 Å². The van der Waals surface area contributed by atoms with Gasteiger partial charge in [-0.1, -0.05) is 30.3 Å². The number of benzene rings is 1. The number of primary amides is 1. The summed E-state index contributed by atoms with van der Waals surface area (Å²) in [6, 6.07) is 2.55. The second kappa shape index (κ2) is 14.1. The number of nitrogens with two attached hydrogens (primary N) is 2. The molecule has 10 N–H and O–H groups in total. The SMILES string of the molecule is NC(=O)CC(NC(=O)C(Cc1ccccc1)NC(=O)C(CC(=O)O)NC(=O)C(N)Cc1cnc[nH]1)C(=O)O. The number of amides is 4. The van der Waals surface area contributed by atoms with Gasteiger partial charge in [0.15, 0.2) is 0 Å². The van der Waals surface area contributed by atoms with Crippen LogP contribution in [-0.4, -0.2) is 79.9 Å². The van der Waals surface area contributed by atoms with Crippen molar-refractivity contribution >= 4 is 35.6 Å². The molecular weight excluding hydrogens is 502 g/mol. The van der Waals surface area contributed by atoms with Gasteiger partial charge in [0.2, 0.25) is 23.6 Å². The van der Waals surface area contributed by atoms with Crippen molar-refractivity contribution in [3.8, 4) is 0 Å². The Morgan fingerprint density at radius 2 is 1.45 bits per heavy atom. The van der Waals surface area contributed by atoms with Gasteiger partial charge in [0.25, 0.3) is 0 Å². The minimum absolute atomic E-state index is 0.0305. The molecule has 2 aromatic rings. The van der Waals surface area contributed by atoms with Crippen LogP contribution in [0, 0.1) is 0 Å². The number of carbonyl (C=O) groups is 6. The Kier molecular flexibility index (Phi) is 10.9. The monoisotopic (exact) mass is 531 g/mol. The van der Waals surface area contributed by atoms with Crippen molar-refractivity contribution in [3.05, 3.63) is 54.1 Å². The number of carboxylic acids is 2. The molecule has 38 heavy (non-hydrogen) atoms. The fourth-order valence-corrected chi connectivity index (χ4v) is 3.39. The van der Waals surface area contributed by atoms with Crippen molar-refractivity contribution in [3.63, 3.8) is 0 Å². The van der Waals surface area contributed by atoms with Gasteiger partial charge in [-0.25, -0.2) is 9.78 Å². The molecule has 0 aliphatic heterocycles. The Morgan fingerprint density at radius 3 is 2.00 bits per heavy atom. The van der Waals surface area contributed by atoms with E-state index in [1.807, 2.05) is 0 Å². The molecule has 0 radical (unpaired) electrons. The molecule has 0 saturated heterocycles. The van der Waals surface area contributed by atoms with Crippen molar-refractivity contribution in [2.45, 2.75) is 49.9 Å². The van der Waals surface area contributed by atoms with E-state index in [9.17, 15) is 39.0 Å². The summed E-state index contributed by atoms with van der Waals surface area (Å²) in [5.74, 6) is -6.72. The number of hydrogen-bond acceptors (Lipinski definition) is 8. The number of imidazole rings is 1. The lowest BCUT2D eigenvalue weighted by atomic mass is 10.0. The zero-order chi connectivity index (χ0) is 28.2. The first kappa shape index (κ1) is 29.4. The molecule has 4 atom stereocenters. The zero-order valence-corrected chi connectivity index (χ0v) is 20.1. The molecule has 0 saturated carbocycles. The predicted octanol–water partition coefficient (Wildman–Crippen LogP) is -2.59. The van der Waals surface area contributed by atoms with Crippen LogP contribution in [0.15, 0.2) is 42.9 Å². The number of carboxylic acid groups (broad SMARTS) is 2. The van der Waals surface area contributed by atoms with Gasteiger partial charge < -0.3 is 42.6 Å². The lowest BCUT2D eigenvalue weighted by Gasteiger charge is -2.24. The molecule has 0 bridgehead atoms. The van der Waals surface area contributed by atoms with Gasteiger partial charge in [-0.3, -0.25) is 24.0 Å². The normalized spacial score (nSPS) is 13.8. The van der Waals surface area contributed by atoms with Crippen LogP contribution in [0.5, 0.6) is 0 Å². The maximum Gasteiger partial charge on any atom is 0.326 e. The summed E-state index contributed by atoms with van der Waals surface area (Å²) in [4.78, 5) is 79.2. The molecular formula is C23H29N7O8. The van der Waals surface area contributed by atoms with E-state index in [1.54, 1.807) is 30.3 Å². The summed E-state index contributed by atoms with van der Waals surface area (Å²) < 4.78 is 0. The van der Waals surface area contributed by atoms with Gasteiger partial charge in [0.1, 0.15) is 18.1 Å². The molecule has 4 amide bonds. The van der Waals surface area contributed by atoms with Crippen LogP contribution in [0.1, 0.15) is 24.1 Å². The van der Waals surface area contributed by atoms with Gasteiger partial charge in [0, 0.05) is 24.7 Å². The Morgan fingerprint density at radius 1 is 0.842 bits per heavy atom.